The quantitative estimate of drug-likeness (QED) is 0.808. The highest BCUT2D eigenvalue weighted by molar-refractivity contribution is 9.13. The van der Waals surface area contributed by atoms with Crippen molar-refractivity contribution in [2.75, 3.05) is 0 Å². The van der Waals surface area contributed by atoms with E-state index in [0.29, 0.717) is 10.0 Å². The van der Waals surface area contributed by atoms with Crippen molar-refractivity contribution in [1.29, 1.82) is 0 Å². The van der Waals surface area contributed by atoms with Crippen LogP contribution >= 0.6 is 31.9 Å². The molecular formula is C8H5Br2FO2. The molecular weight excluding hydrogens is 307 g/mol. The topological polar surface area (TPSA) is 37.3 Å². The molecule has 0 fully saturated rings. The predicted molar refractivity (Wildman–Crippen MR) is 53.5 cm³/mol. The first-order valence-electron chi connectivity index (χ1n) is 3.32. The Morgan fingerprint density at radius 2 is 2.08 bits per heavy atom. The summed E-state index contributed by atoms with van der Waals surface area (Å²) < 4.78 is 14.0. The molecule has 13 heavy (non-hydrogen) atoms. The van der Waals surface area contributed by atoms with Crippen molar-refractivity contribution in [2.45, 2.75) is 6.92 Å². The van der Waals surface area contributed by atoms with Crippen molar-refractivity contribution in [1.82, 2.24) is 0 Å². The molecule has 0 saturated carbocycles. The number of benzene rings is 1. The molecule has 1 rings (SSSR count). The lowest BCUT2D eigenvalue weighted by Gasteiger charge is -2.05. The van der Waals surface area contributed by atoms with Gasteiger partial charge in [0.15, 0.2) is 0 Å². The van der Waals surface area contributed by atoms with Gasteiger partial charge in [0.05, 0.1) is 0 Å². The third-order valence-electron chi connectivity index (χ3n) is 1.55. The lowest BCUT2D eigenvalue weighted by Crippen LogP contribution is -2.04. The molecule has 0 aliphatic heterocycles. The normalized spacial score (nSPS) is 10.2. The van der Waals surface area contributed by atoms with Gasteiger partial charge in [0.1, 0.15) is 11.4 Å². The summed E-state index contributed by atoms with van der Waals surface area (Å²) >= 11 is 6.12. The second-order valence-corrected chi connectivity index (χ2v) is 4.13. The lowest BCUT2D eigenvalue weighted by atomic mass is 10.1. The lowest BCUT2D eigenvalue weighted by molar-refractivity contribution is 0.0690. The van der Waals surface area contributed by atoms with E-state index < -0.39 is 11.8 Å². The van der Waals surface area contributed by atoms with Gasteiger partial charge in [-0.25, -0.2) is 9.18 Å². The summed E-state index contributed by atoms with van der Waals surface area (Å²) in [6, 6.07) is 1.52. The number of rotatable bonds is 1. The second-order valence-electron chi connectivity index (χ2n) is 2.48. The molecule has 0 amide bonds. The highest BCUT2D eigenvalue weighted by atomic mass is 79.9. The molecule has 70 valence electrons. The average molecular weight is 312 g/mol. The maximum Gasteiger partial charge on any atom is 0.339 e. The zero-order chi connectivity index (χ0) is 10.2. The van der Waals surface area contributed by atoms with Gasteiger partial charge < -0.3 is 5.11 Å². The molecule has 0 atom stereocenters. The minimum atomic E-state index is -1.28. The molecule has 1 N–H and O–H groups in total. The Balaban J connectivity index is 3.56. The van der Waals surface area contributed by atoms with E-state index in [0.717, 1.165) is 0 Å². The summed E-state index contributed by atoms with van der Waals surface area (Å²) in [4.78, 5) is 10.7. The van der Waals surface area contributed by atoms with E-state index in [1.54, 1.807) is 0 Å². The summed E-state index contributed by atoms with van der Waals surface area (Å²) in [5.41, 5.74) is -0.0423. The number of hydrogen-bond acceptors (Lipinski definition) is 1. The van der Waals surface area contributed by atoms with Crippen LogP contribution in [0.2, 0.25) is 0 Å². The van der Waals surface area contributed by atoms with Crippen LogP contribution in [0.3, 0.4) is 0 Å². The highest BCUT2D eigenvalue weighted by Crippen LogP contribution is 2.30. The Morgan fingerprint density at radius 3 is 2.54 bits per heavy atom. The zero-order valence-corrected chi connectivity index (χ0v) is 9.74. The Labute approximate surface area is 91.0 Å². The molecule has 0 spiro atoms. The van der Waals surface area contributed by atoms with Gasteiger partial charge in [-0.05, 0) is 50.4 Å². The number of aromatic carboxylic acids is 1. The van der Waals surface area contributed by atoms with Crippen LogP contribution in [0.5, 0.6) is 0 Å². The van der Waals surface area contributed by atoms with E-state index in [2.05, 4.69) is 31.9 Å². The van der Waals surface area contributed by atoms with E-state index in [4.69, 9.17) is 5.11 Å². The van der Waals surface area contributed by atoms with Crippen LogP contribution in [0.1, 0.15) is 15.9 Å². The van der Waals surface area contributed by atoms with Gasteiger partial charge in [-0.3, -0.25) is 0 Å². The van der Waals surface area contributed by atoms with Gasteiger partial charge >= 0.3 is 5.97 Å². The van der Waals surface area contributed by atoms with Crippen molar-refractivity contribution in [3.05, 3.63) is 32.0 Å². The van der Waals surface area contributed by atoms with E-state index in [1.165, 1.54) is 13.0 Å². The molecule has 0 aliphatic rings. The SMILES string of the molecule is Cc1cc(Br)c(Br)c(C(=O)O)c1F. The Hall–Kier alpha value is -0.420. The number of aryl methyl sites for hydroxylation is 1. The molecule has 5 heteroatoms. The fourth-order valence-electron chi connectivity index (χ4n) is 0.918. The largest absolute Gasteiger partial charge is 0.478 e. The Bertz CT molecular complexity index is 351. The number of carbonyl (C=O) groups is 1. The third kappa shape index (κ3) is 1.91. The van der Waals surface area contributed by atoms with Crippen molar-refractivity contribution in [3.63, 3.8) is 0 Å². The number of halogens is 3. The van der Waals surface area contributed by atoms with Crippen LogP contribution < -0.4 is 0 Å². The fraction of sp³-hybridized carbons (Fsp3) is 0.125. The molecule has 0 aliphatic carbocycles. The molecule has 0 radical (unpaired) electrons. The van der Waals surface area contributed by atoms with Crippen molar-refractivity contribution >= 4 is 37.8 Å². The predicted octanol–water partition coefficient (Wildman–Crippen LogP) is 3.36. The minimum Gasteiger partial charge on any atom is -0.478 e. The van der Waals surface area contributed by atoms with Crippen molar-refractivity contribution < 1.29 is 14.3 Å². The maximum atomic E-state index is 13.3. The summed E-state index contributed by atoms with van der Waals surface area (Å²) in [5.74, 6) is -1.99. The van der Waals surface area contributed by atoms with Crippen LogP contribution in [0.4, 0.5) is 4.39 Å². The molecule has 0 aromatic heterocycles. The van der Waals surface area contributed by atoms with Crippen LogP contribution in [0, 0.1) is 12.7 Å². The third-order valence-corrected chi connectivity index (χ3v) is 3.53. The van der Waals surface area contributed by atoms with Gasteiger partial charge in [0, 0.05) is 8.95 Å². The number of carboxylic acid groups (broad SMARTS) is 1. The zero-order valence-electron chi connectivity index (χ0n) is 6.57. The van der Waals surface area contributed by atoms with Gasteiger partial charge in [0.25, 0.3) is 0 Å². The van der Waals surface area contributed by atoms with Crippen molar-refractivity contribution in [2.24, 2.45) is 0 Å². The van der Waals surface area contributed by atoms with Crippen LogP contribution in [-0.2, 0) is 0 Å². The van der Waals surface area contributed by atoms with E-state index in [9.17, 15) is 9.18 Å². The molecule has 0 saturated heterocycles. The molecule has 1 aromatic rings. The van der Waals surface area contributed by atoms with Crippen LogP contribution in [0.25, 0.3) is 0 Å². The Kier molecular flexibility index (Phi) is 3.08. The molecule has 0 bridgehead atoms. The molecule has 1 aromatic carbocycles. The first-order chi connectivity index (χ1) is 5.95. The maximum absolute atomic E-state index is 13.3. The monoisotopic (exact) mass is 310 g/mol. The minimum absolute atomic E-state index is 0.225. The van der Waals surface area contributed by atoms with Gasteiger partial charge in [-0.2, -0.15) is 0 Å². The molecule has 2 nitrogen and oxygen atoms in total. The van der Waals surface area contributed by atoms with E-state index in [-0.39, 0.29) is 10.0 Å². The smallest absolute Gasteiger partial charge is 0.339 e. The second kappa shape index (κ2) is 3.75. The van der Waals surface area contributed by atoms with Crippen LogP contribution in [-0.4, -0.2) is 11.1 Å². The van der Waals surface area contributed by atoms with Gasteiger partial charge in [0.2, 0.25) is 0 Å². The Morgan fingerprint density at radius 1 is 1.54 bits per heavy atom. The van der Waals surface area contributed by atoms with E-state index in [1.807, 2.05) is 0 Å². The van der Waals surface area contributed by atoms with Gasteiger partial charge in [-0.15, -0.1) is 0 Å². The molecule has 0 heterocycles. The summed E-state index contributed by atoms with van der Waals surface area (Å²) in [5, 5.41) is 8.70. The molecule has 0 unspecified atom stereocenters. The van der Waals surface area contributed by atoms with Gasteiger partial charge in [-0.1, -0.05) is 0 Å². The number of carboxylic acids is 1. The highest BCUT2D eigenvalue weighted by Gasteiger charge is 2.18. The summed E-state index contributed by atoms with van der Waals surface area (Å²) in [6.45, 7) is 1.51. The van der Waals surface area contributed by atoms with E-state index >= 15 is 0 Å². The average Bonchev–Trinajstić information content (AvgIpc) is 2.01. The van der Waals surface area contributed by atoms with Crippen molar-refractivity contribution in [3.8, 4) is 0 Å². The fourth-order valence-corrected chi connectivity index (χ4v) is 1.92. The summed E-state index contributed by atoms with van der Waals surface area (Å²) in [7, 11) is 0. The first-order valence-corrected chi connectivity index (χ1v) is 4.91. The van der Waals surface area contributed by atoms with Crippen LogP contribution in [0.15, 0.2) is 15.0 Å². The summed E-state index contributed by atoms with van der Waals surface area (Å²) in [6.07, 6.45) is 0. The first kappa shape index (κ1) is 10.7. The standard InChI is InChI=1S/C8H5Br2FO2/c1-3-2-4(9)6(10)5(7(3)11)8(12)13/h2H,1H3,(H,12,13). The number of hydrogen-bond donors (Lipinski definition) is 1.